The second kappa shape index (κ2) is 9.81. The van der Waals surface area contributed by atoms with E-state index in [2.05, 4.69) is 69.0 Å². The molecule has 0 amide bonds. The molecule has 40 heavy (non-hydrogen) atoms. The first kappa shape index (κ1) is 24.4. The van der Waals surface area contributed by atoms with E-state index in [-0.39, 0.29) is 11.5 Å². The van der Waals surface area contributed by atoms with Gasteiger partial charge in [-0.15, -0.1) is 0 Å². The van der Waals surface area contributed by atoms with Crippen molar-refractivity contribution in [3.05, 3.63) is 91.0 Å². The maximum absolute atomic E-state index is 5.14. The molecule has 198 valence electrons. The van der Waals surface area contributed by atoms with E-state index in [4.69, 9.17) is 9.97 Å². The predicted molar refractivity (Wildman–Crippen MR) is 161 cm³/mol. The van der Waals surface area contributed by atoms with E-state index in [0.717, 1.165) is 69.5 Å². The van der Waals surface area contributed by atoms with Gasteiger partial charge in [-0.2, -0.15) is 0 Å². The monoisotopic (exact) mass is 526 g/mol. The predicted octanol–water partition coefficient (Wildman–Crippen LogP) is 6.13. The third kappa shape index (κ3) is 4.46. The van der Waals surface area contributed by atoms with Crippen molar-refractivity contribution >= 4 is 44.7 Å². The van der Waals surface area contributed by atoms with Gasteiger partial charge < -0.3 is 16.0 Å². The fraction of sp³-hybridized carbons (Fsp3) is 0.219. The maximum atomic E-state index is 5.14. The summed E-state index contributed by atoms with van der Waals surface area (Å²) in [6.07, 6.45) is 14.6. The zero-order valence-corrected chi connectivity index (χ0v) is 22.5. The number of fused-ring (bicyclic) bond motifs is 2. The van der Waals surface area contributed by atoms with Crippen LogP contribution in [-0.2, 0) is 0 Å². The Morgan fingerprint density at radius 1 is 0.975 bits per heavy atom. The highest BCUT2D eigenvalue weighted by Crippen LogP contribution is 2.36. The largest absolute Gasteiger partial charge is 0.366 e. The lowest BCUT2D eigenvalue weighted by molar-refractivity contribution is 0.236. The van der Waals surface area contributed by atoms with Gasteiger partial charge in [-0.3, -0.25) is 4.98 Å². The molecular weight excluding hydrogens is 496 g/mol. The van der Waals surface area contributed by atoms with Gasteiger partial charge in [0, 0.05) is 47.7 Å². The number of benzene rings is 1. The molecule has 1 aromatic carbocycles. The Morgan fingerprint density at radius 3 is 2.70 bits per heavy atom. The zero-order valence-electron chi connectivity index (χ0n) is 22.5. The van der Waals surface area contributed by atoms with Gasteiger partial charge in [0.1, 0.15) is 17.5 Å². The Balaban J connectivity index is 1.31. The van der Waals surface area contributed by atoms with Gasteiger partial charge in [0.15, 0.2) is 5.82 Å². The molecule has 1 aliphatic carbocycles. The number of rotatable bonds is 6. The lowest BCUT2D eigenvalue weighted by Gasteiger charge is -2.40. The molecule has 7 rings (SSSR count). The molecular formula is C32H30N8. The van der Waals surface area contributed by atoms with Crippen molar-refractivity contribution in [2.24, 2.45) is 5.41 Å². The van der Waals surface area contributed by atoms with Crippen LogP contribution >= 0.6 is 0 Å². The lowest BCUT2D eigenvalue weighted by Crippen LogP contribution is -2.49. The second-order valence-corrected chi connectivity index (χ2v) is 11.0. The molecule has 1 aliphatic heterocycles. The van der Waals surface area contributed by atoms with Gasteiger partial charge in [-0.25, -0.2) is 19.9 Å². The van der Waals surface area contributed by atoms with Gasteiger partial charge in [-0.1, -0.05) is 56.3 Å². The molecule has 1 unspecified atom stereocenters. The van der Waals surface area contributed by atoms with Gasteiger partial charge in [0.25, 0.3) is 0 Å². The number of hydrogen-bond acceptors (Lipinski definition) is 8. The molecule has 5 heterocycles. The number of nitrogens with one attached hydrogen (secondary N) is 3. The standard InChI is InChI=1S/C32H30N8/c1-32(2)19-33-13-12-26(32)38-31-28-24(20-7-5-8-20)17-34-18-25(28)37-29(40-31)22-11-14-35-27(16-22)39-30-23-9-4-3-6-21(23)10-15-36-30/h3-11,14-18,26,33H,12-13,19H2,1-2H3,(H,35,36,39)(H,37,38,40). The van der Waals surface area contributed by atoms with E-state index in [1.54, 1.807) is 12.4 Å². The molecule has 0 saturated carbocycles. The summed E-state index contributed by atoms with van der Waals surface area (Å²) in [7, 11) is 0. The lowest BCUT2D eigenvalue weighted by atomic mass is 9.80. The number of piperidine rings is 1. The van der Waals surface area contributed by atoms with Crippen LogP contribution in [0.5, 0.6) is 0 Å². The highest BCUT2D eigenvalue weighted by Gasteiger charge is 2.33. The number of anilines is 3. The molecule has 1 fully saturated rings. The summed E-state index contributed by atoms with van der Waals surface area (Å²) in [6, 6.07) is 14.3. The highest BCUT2D eigenvalue weighted by molar-refractivity contribution is 6.02. The zero-order chi connectivity index (χ0) is 27.1. The molecule has 0 spiro atoms. The van der Waals surface area contributed by atoms with Crippen LogP contribution in [0.3, 0.4) is 0 Å². The van der Waals surface area contributed by atoms with E-state index in [0.29, 0.717) is 11.6 Å². The molecule has 2 aliphatic rings. The molecule has 0 radical (unpaired) electrons. The van der Waals surface area contributed by atoms with E-state index in [1.807, 2.05) is 48.8 Å². The maximum Gasteiger partial charge on any atom is 0.162 e. The first-order chi connectivity index (χ1) is 19.5. The van der Waals surface area contributed by atoms with Crippen LogP contribution in [0.15, 0.2) is 85.5 Å². The fourth-order valence-corrected chi connectivity index (χ4v) is 5.49. The van der Waals surface area contributed by atoms with E-state index < -0.39 is 0 Å². The van der Waals surface area contributed by atoms with Gasteiger partial charge >= 0.3 is 0 Å². The Bertz CT molecular complexity index is 1800. The molecule has 5 aromatic rings. The summed E-state index contributed by atoms with van der Waals surface area (Å²) >= 11 is 0. The summed E-state index contributed by atoms with van der Waals surface area (Å²) in [5.74, 6) is 2.89. The molecule has 1 atom stereocenters. The summed E-state index contributed by atoms with van der Waals surface area (Å²) < 4.78 is 0. The number of nitrogens with zero attached hydrogens (tertiary/aromatic N) is 5. The van der Waals surface area contributed by atoms with Crippen LogP contribution in [0.2, 0.25) is 0 Å². The average Bonchev–Trinajstić information content (AvgIpc) is 2.93. The summed E-state index contributed by atoms with van der Waals surface area (Å²) in [6.45, 7) is 6.51. The van der Waals surface area contributed by atoms with Crippen LogP contribution < -0.4 is 16.0 Å². The van der Waals surface area contributed by atoms with Crippen molar-refractivity contribution in [1.82, 2.24) is 30.2 Å². The summed E-state index contributed by atoms with van der Waals surface area (Å²) in [5.41, 5.74) is 3.91. The number of hydrogen-bond donors (Lipinski definition) is 3. The van der Waals surface area contributed by atoms with E-state index in [9.17, 15) is 0 Å². The molecule has 0 bridgehead atoms. The first-order valence-electron chi connectivity index (χ1n) is 13.6. The minimum atomic E-state index is 0.0672. The Kier molecular flexibility index (Phi) is 5.97. The molecule has 4 aromatic heterocycles. The van der Waals surface area contributed by atoms with Crippen LogP contribution in [0.4, 0.5) is 17.5 Å². The van der Waals surface area contributed by atoms with Crippen molar-refractivity contribution < 1.29 is 0 Å². The minimum Gasteiger partial charge on any atom is -0.366 e. The summed E-state index contributed by atoms with van der Waals surface area (Å²) in [4.78, 5) is 23.8. The van der Waals surface area contributed by atoms with Crippen molar-refractivity contribution in [1.29, 1.82) is 0 Å². The molecule has 1 saturated heterocycles. The molecule has 8 heteroatoms. The Labute approximate surface area is 232 Å². The SMILES string of the molecule is CC1(C)CNCCC1Nc1nc(-c2ccnc(Nc3nccc4ccccc34)c2)nc2cncc(C3=CC=C3)c12. The molecule has 3 N–H and O–H groups in total. The van der Waals surface area contributed by atoms with Crippen molar-refractivity contribution in [3.8, 4) is 11.4 Å². The van der Waals surface area contributed by atoms with Crippen LogP contribution in [0.25, 0.3) is 38.6 Å². The Hall–Kier alpha value is -4.69. The van der Waals surface area contributed by atoms with Crippen molar-refractivity contribution in [2.75, 3.05) is 23.7 Å². The van der Waals surface area contributed by atoms with Crippen molar-refractivity contribution in [2.45, 2.75) is 26.3 Å². The first-order valence-corrected chi connectivity index (χ1v) is 13.6. The molecule has 8 nitrogen and oxygen atoms in total. The normalized spacial score (nSPS) is 17.9. The third-order valence-electron chi connectivity index (χ3n) is 7.85. The quantitative estimate of drug-likeness (QED) is 0.243. The van der Waals surface area contributed by atoms with Gasteiger partial charge in [0.05, 0.1) is 17.1 Å². The minimum absolute atomic E-state index is 0.0672. The van der Waals surface area contributed by atoms with Gasteiger partial charge in [-0.05, 0) is 47.5 Å². The summed E-state index contributed by atoms with van der Waals surface area (Å²) in [5, 5.41) is 13.9. The number of pyridine rings is 3. The third-order valence-corrected chi connectivity index (χ3v) is 7.85. The fourth-order valence-electron chi connectivity index (χ4n) is 5.49. The van der Waals surface area contributed by atoms with E-state index in [1.165, 1.54) is 0 Å². The number of aromatic nitrogens is 5. The van der Waals surface area contributed by atoms with E-state index >= 15 is 0 Å². The van der Waals surface area contributed by atoms with Crippen LogP contribution in [0, 0.1) is 5.41 Å². The smallest absolute Gasteiger partial charge is 0.162 e. The van der Waals surface area contributed by atoms with Crippen LogP contribution in [0.1, 0.15) is 25.8 Å². The van der Waals surface area contributed by atoms with Crippen molar-refractivity contribution in [3.63, 3.8) is 0 Å². The topological polar surface area (TPSA) is 101 Å². The van der Waals surface area contributed by atoms with Gasteiger partial charge in [0.2, 0.25) is 0 Å². The average molecular weight is 527 g/mol. The highest BCUT2D eigenvalue weighted by atomic mass is 15.1. The second-order valence-electron chi connectivity index (χ2n) is 11.0. The number of allylic oxidation sites excluding steroid dienone is 4. The Morgan fingerprint density at radius 2 is 1.85 bits per heavy atom. The van der Waals surface area contributed by atoms with Crippen LogP contribution in [-0.4, -0.2) is 44.1 Å².